The van der Waals surface area contributed by atoms with Crippen molar-refractivity contribution in [3.8, 4) is 0 Å². The Bertz CT molecular complexity index is 377. The molecule has 2 atom stereocenters. The maximum absolute atomic E-state index is 3.96. The molecule has 1 N–H and O–H groups in total. The first-order chi connectivity index (χ1) is 8.74. The molecule has 98 valence electrons. The van der Waals surface area contributed by atoms with Gasteiger partial charge in [0.05, 0.1) is 0 Å². The minimum atomic E-state index is 0.676. The summed E-state index contributed by atoms with van der Waals surface area (Å²) in [5, 5.41) is 3.96. The van der Waals surface area contributed by atoms with Crippen LogP contribution >= 0.6 is 0 Å². The van der Waals surface area contributed by atoms with Gasteiger partial charge in [0.25, 0.3) is 0 Å². The zero-order valence-corrected chi connectivity index (χ0v) is 11.7. The van der Waals surface area contributed by atoms with Gasteiger partial charge in [-0.2, -0.15) is 0 Å². The van der Waals surface area contributed by atoms with Crippen molar-refractivity contribution in [3.05, 3.63) is 35.4 Å². The number of rotatable bonds is 2. The van der Waals surface area contributed by atoms with Crippen molar-refractivity contribution in [2.75, 3.05) is 0 Å². The Labute approximate surface area is 111 Å². The second-order valence-corrected chi connectivity index (χ2v) is 6.45. The molecule has 2 aliphatic rings. The molecule has 2 unspecified atom stereocenters. The van der Waals surface area contributed by atoms with E-state index in [1.807, 2.05) is 0 Å². The Balaban J connectivity index is 1.65. The van der Waals surface area contributed by atoms with Crippen LogP contribution in [0.1, 0.15) is 44.2 Å². The Kier molecular flexibility index (Phi) is 3.43. The smallest absolute Gasteiger partial charge is 0.0151 e. The van der Waals surface area contributed by atoms with Gasteiger partial charge in [-0.3, -0.25) is 0 Å². The Morgan fingerprint density at radius 1 is 0.944 bits per heavy atom. The fraction of sp³-hybridized carbons (Fsp3) is 0.647. The first-order valence-corrected chi connectivity index (χ1v) is 7.57. The molecule has 0 spiro atoms. The summed E-state index contributed by atoms with van der Waals surface area (Å²) in [4.78, 5) is 0. The second-order valence-electron chi connectivity index (χ2n) is 6.45. The van der Waals surface area contributed by atoms with Crippen LogP contribution in [0, 0.1) is 11.8 Å². The van der Waals surface area contributed by atoms with Gasteiger partial charge in [0.1, 0.15) is 0 Å². The fourth-order valence-corrected chi connectivity index (χ4v) is 3.96. The van der Waals surface area contributed by atoms with E-state index in [1.165, 1.54) is 32.1 Å². The van der Waals surface area contributed by atoms with Crippen LogP contribution in [-0.2, 0) is 12.8 Å². The van der Waals surface area contributed by atoms with E-state index in [-0.39, 0.29) is 0 Å². The molecule has 1 aromatic carbocycles. The molecule has 2 aliphatic carbocycles. The first-order valence-electron chi connectivity index (χ1n) is 7.57. The lowest BCUT2D eigenvalue weighted by atomic mass is 9.78. The van der Waals surface area contributed by atoms with Gasteiger partial charge in [-0.15, -0.1) is 0 Å². The Morgan fingerprint density at radius 3 is 2.06 bits per heavy atom. The zero-order valence-electron chi connectivity index (χ0n) is 11.7. The number of nitrogens with one attached hydrogen (secondary N) is 1. The predicted molar refractivity (Wildman–Crippen MR) is 76.7 cm³/mol. The highest BCUT2D eigenvalue weighted by Crippen LogP contribution is 2.31. The van der Waals surface area contributed by atoms with Gasteiger partial charge in [-0.25, -0.2) is 0 Å². The Morgan fingerprint density at radius 2 is 1.50 bits per heavy atom. The molecule has 0 heterocycles. The van der Waals surface area contributed by atoms with Crippen molar-refractivity contribution in [2.24, 2.45) is 11.8 Å². The maximum atomic E-state index is 3.96. The van der Waals surface area contributed by atoms with E-state index < -0.39 is 0 Å². The van der Waals surface area contributed by atoms with Crippen LogP contribution in [0.25, 0.3) is 0 Å². The Hall–Kier alpha value is -0.820. The summed E-state index contributed by atoms with van der Waals surface area (Å²) in [6, 6.07) is 10.4. The number of benzene rings is 1. The molecule has 1 nitrogen and oxygen atoms in total. The number of fused-ring (bicyclic) bond motifs is 1. The van der Waals surface area contributed by atoms with E-state index in [0.29, 0.717) is 6.04 Å². The van der Waals surface area contributed by atoms with Gasteiger partial charge >= 0.3 is 0 Å². The molecular formula is C17H25N. The van der Waals surface area contributed by atoms with E-state index in [9.17, 15) is 0 Å². The second kappa shape index (κ2) is 5.05. The van der Waals surface area contributed by atoms with Gasteiger partial charge in [0, 0.05) is 12.1 Å². The van der Waals surface area contributed by atoms with Crippen LogP contribution < -0.4 is 5.32 Å². The van der Waals surface area contributed by atoms with Gasteiger partial charge in [0.2, 0.25) is 0 Å². The van der Waals surface area contributed by atoms with E-state index in [2.05, 4.69) is 43.4 Å². The topological polar surface area (TPSA) is 12.0 Å². The fourth-order valence-electron chi connectivity index (χ4n) is 3.96. The molecule has 1 aromatic rings. The third-order valence-electron chi connectivity index (χ3n) is 5.02. The first kappa shape index (κ1) is 12.2. The lowest BCUT2D eigenvalue weighted by molar-refractivity contribution is 0.194. The highest BCUT2D eigenvalue weighted by molar-refractivity contribution is 5.33. The predicted octanol–water partition coefficient (Wildman–Crippen LogP) is 3.57. The van der Waals surface area contributed by atoms with Crippen LogP contribution in [-0.4, -0.2) is 12.1 Å². The van der Waals surface area contributed by atoms with Crippen molar-refractivity contribution in [3.63, 3.8) is 0 Å². The summed E-state index contributed by atoms with van der Waals surface area (Å²) >= 11 is 0. The lowest BCUT2D eigenvalue weighted by Gasteiger charge is -2.37. The van der Waals surface area contributed by atoms with Crippen LogP contribution in [0.4, 0.5) is 0 Å². The standard InChI is InChI=1S/C17H25N/c1-12-6-5-7-13(2)17(12)18-16-10-14-8-3-4-9-15(14)11-16/h3-4,8-9,12-13,16-18H,5-7,10-11H2,1-2H3. The average molecular weight is 243 g/mol. The van der Waals surface area contributed by atoms with Gasteiger partial charge < -0.3 is 5.32 Å². The third kappa shape index (κ3) is 2.33. The summed E-state index contributed by atoms with van der Waals surface area (Å²) < 4.78 is 0. The summed E-state index contributed by atoms with van der Waals surface area (Å²) in [6.07, 6.45) is 6.69. The molecule has 0 saturated heterocycles. The van der Waals surface area contributed by atoms with E-state index in [4.69, 9.17) is 0 Å². The summed E-state index contributed by atoms with van der Waals surface area (Å²) in [6.45, 7) is 4.85. The minimum Gasteiger partial charge on any atom is -0.310 e. The average Bonchev–Trinajstić information content (AvgIpc) is 2.76. The van der Waals surface area contributed by atoms with E-state index >= 15 is 0 Å². The number of hydrogen-bond acceptors (Lipinski definition) is 1. The molecule has 0 radical (unpaired) electrons. The molecule has 1 saturated carbocycles. The summed E-state index contributed by atoms with van der Waals surface area (Å²) in [7, 11) is 0. The molecule has 1 fully saturated rings. The third-order valence-corrected chi connectivity index (χ3v) is 5.02. The highest BCUT2D eigenvalue weighted by atomic mass is 15.0. The maximum Gasteiger partial charge on any atom is 0.0151 e. The normalized spacial score (nSPS) is 32.4. The van der Waals surface area contributed by atoms with Gasteiger partial charge in [-0.05, 0) is 48.6 Å². The molecule has 0 aliphatic heterocycles. The van der Waals surface area contributed by atoms with Crippen LogP contribution in [0.5, 0.6) is 0 Å². The zero-order chi connectivity index (χ0) is 12.5. The molecule has 0 bridgehead atoms. The minimum absolute atomic E-state index is 0.676. The van der Waals surface area contributed by atoms with Crippen molar-refractivity contribution in [1.29, 1.82) is 0 Å². The van der Waals surface area contributed by atoms with E-state index in [0.717, 1.165) is 17.9 Å². The van der Waals surface area contributed by atoms with Gasteiger partial charge in [-0.1, -0.05) is 44.5 Å². The summed E-state index contributed by atoms with van der Waals surface area (Å²) in [5.41, 5.74) is 3.12. The molecule has 3 rings (SSSR count). The van der Waals surface area contributed by atoms with Crippen molar-refractivity contribution < 1.29 is 0 Å². The van der Waals surface area contributed by atoms with Gasteiger partial charge in [0.15, 0.2) is 0 Å². The van der Waals surface area contributed by atoms with Crippen molar-refractivity contribution >= 4 is 0 Å². The van der Waals surface area contributed by atoms with Crippen LogP contribution in [0.2, 0.25) is 0 Å². The number of hydrogen-bond donors (Lipinski definition) is 1. The molecular weight excluding hydrogens is 218 g/mol. The quantitative estimate of drug-likeness (QED) is 0.837. The van der Waals surface area contributed by atoms with E-state index in [1.54, 1.807) is 11.1 Å². The monoisotopic (exact) mass is 243 g/mol. The molecule has 18 heavy (non-hydrogen) atoms. The largest absolute Gasteiger partial charge is 0.310 e. The summed E-state index contributed by atoms with van der Waals surface area (Å²) in [5.74, 6) is 1.69. The van der Waals surface area contributed by atoms with Crippen LogP contribution in [0.3, 0.4) is 0 Å². The SMILES string of the molecule is CC1CCCC(C)C1NC1Cc2ccccc2C1. The van der Waals surface area contributed by atoms with Crippen LogP contribution in [0.15, 0.2) is 24.3 Å². The van der Waals surface area contributed by atoms with Crippen molar-refractivity contribution in [1.82, 2.24) is 5.32 Å². The molecule has 0 amide bonds. The lowest BCUT2D eigenvalue weighted by Crippen LogP contribution is -2.48. The molecule has 1 heteroatoms. The highest BCUT2D eigenvalue weighted by Gasteiger charge is 2.31. The van der Waals surface area contributed by atoms with Crippen molar-refractivity contribution in [2.45, 2.75) is 58.0 Å². The molecule has 0 aromatic heterocycles.